The second-order valence-corrected chi connectivity index (χ2v) is 5.90. The van der Waals surface area contributed by atoms with Gasteiger partial charge in [0.05, 0.1) is 6.04 Å². The maximum absolute atomic E-state index is 5.59. The van der Waals surface area contributed by atoms with E-state index in [0.717, 1.165) is 10.2 Å². The highest BCUT2D eigenvalue weighted by molar-refractivity contribution is 9.10. The van der Waals surface area contributed by atoms with Crippen LogP contribution in [0.1, 0.15) is 26.5 Å². The van der Waals surface area contributed by atoms with Crippen LogP contribution in [0.3, 0.4) is 0 Å². The second kappa shape index (κ2) is 4.17. The van der Waals surface area contributed by atoms with Gasteiger partial charge in [-0.1, -0.05) is 20.8 Å². The summed E-state index contributed by atoms with van der Waals surface area (Å²) in [6.45, 7) is 7.16. The molecule has 0 fully saturated rings. The molecule has 86 valence electrons. The highest BCUT2D eigenvalue weighted by atomic mass is 79.9. The molecule has 0 saturated carbocycles. The minimum absolute atomic E-state index is 0.136. The van der Waals surface area contributed by atoms with Crippen LogP contribution in [-0.4, -0.2) is 23.5 Å². The maximum atomic E-state index is 5.59. The molecule has 0 amide bonds. The Morgan fingerprint density at radius 3 is 2.62 bits per heavy atom. The smallest absolute Gasteiger partial charge is 0.235 e. The minimum Gasteiger partial charge on any atom is -0.474 e. The predicted octanol–water partition coefficient (Wildman–Crippen LogP) is 3.04. The lowest BCUT2D eigenvalue weighted by molar-refractivity contribution is 0.235. The van der Waals surface area contributed by atoms with Crippen molar-refractivity contribution < 1.29 is 4.74 Å². The van der Waals surface area contributed by atoms with Crippen molar-refractivity contribution in [3.63, 3.8) is 0 Å². The molecule has 0 unspecified atom stereocenters. The molecule has 16 heavy (non-hydrogen) atoms. The summed E-state index contributed by atoms with van der Waals surface area (Å²) in [5.74, 6) is 0.660. The van der Waals surface area contributed by atoms with Gasteiger partial charge in [0.2, 0.25) is 5.90 Å². The third-order valence-electron chi connectivity index (χ3n) is 2.60. The Balaban J connectivity index is 2.21. The predicted molar refractivity (Wildman–Crippen MR) is 67.7 cm³/mol. The van der Waals surface area contributed by atoms with E-state index in [4.69, 9.17) is 4.74 Å². The quantitative estimate of drug-likeness (QED) is 0.794. The molecule has 2 heterocycles. The SMILES string of the molecule is CC(C)(C)[C@@H]1COC(c2ccc(Br)cn2)=N1. The van der Waals surface area contributed by atoms with Gasteiger partial charge in [0.25, 0.3) is 0 Å². The Labute approximate surface area is 104 Å². The van der Waals surface area contributed by atoms with Gasteiger partial charge in [-0.05, 0) is 33.5 Å². The van der Waals surface area contributed by atoms with E-state index >= 15 is 0 Å². The Hall–Kier alpha value is -0.900. The highest BCUT2D eigenvalue weighted by Crippen LogP contribution is 2.27. The first-order chi connectivity index (χ1) is 7.47. The maximum Gasteiger partial charge on any atom is 0.235 e. The number of rotatable bonds is 1. The number of aromatic nitrogens is 1. The number of pyridine rings is 1. The zero-order chi connectivity index (χ0) is 11.8. The number of aliphatic imine (C=N–C) groups is 1. The first kappa shape index (κ1) is 11.6. The van der Waals surface area contributed by atoms with Gasteiger partial charge in [-0.2, -0.15) is 0 Å². The van der Waals surface area contributed by atoms with Crippen LogP contribution >= 0.6 is 15.9 Å². The zero-order valence-corrected chi connectivity index (χ0v) is 11.3. The zero-order valence-electron chi connectivity index (χ0n) is 9.70. The van der Waals surface area contributed by atoms with Gasteiger partial charge in [0, 0.05) is 10.7 Å². The average Bonchev–Trinajstić information content (AvgIpc) is 2.67. The molecule has 4 heteroatoms. The van der Waals surface area contributed by atoms with Crippen molar-refractivity contribution in [3.8, 4) is 0 Å². The van der Waals surface area contributed by atoms with Crippen LogP contribution in [0.4, 0.5) is 0 Å². The fraction of sp³-hybridized carbons (Fsp3) is 0.500. The van der Waals surface area contributed by atoms with E-state index in [2.05, 4.69) is 46.7 Å². The molecule has 1 atom stereocenters. The van der Waals surface area contributed by atoms with Crippen molar-refractivity contribution in [3.05, 3.63) is 28.5 Å². The molecule has 1 aliphatic rings. The Morgan fingerprint density at radius 2 is 2.12 bits per heavy atom. The van der Waals surface area contributed by atoms with Gasteiger partial charge in [-0.15, -0.1) is 0 Å². The third-order valence-corrected chi connectivity index (χ3v) is 3.07. The summed E-state index contributed by atoms with van der Waals surface area (Å²) in [6, 6.07) is 4.07. The number of hydrogen-bond acceptors (Lipinski definition) is 3. The molecule has 0 saturated heterocycles. The fourth-order valence-electron chi connectivity index (χ4n) is 1.46. The normalized spacial score (nSPS) is 20.5. The van der Waals surface area contributed by atoms with Crippen molar-refractivity contribution >= 4 is 21.8 Å². The molecular weight excluding hydrogens is 268 g/mol. The summed E-state index contributed by atoms with van der Waals surface area (Å²) >= 11 is 3.35. The first-order valence-corrected chi connectivity index (χ1v) is 6.08. The van der Waals surface area contributed by atoms with Crippen LogP contribution in [-0.2, 0) is 4.74 Å². The second-order valence-electron chi connectivity index (χ2n) is 4.99. The molecule has 0 aromatic carbocycles. The van der Waals surface area contributed by atoms with E-state index < -0.39 is 0 Å². The Morgan fingerprint density at radius 1 is 1.38 bits per heavy atom. The van der Waals surface area contributed by atoms with Crippen LogP contribution in [0.5, 0.6) is 0 Å². The molecule has 2 rings (SSSR count). The summed E-state index contributed by atoms with van der Waals surface area (Å²) in [7, 11) is 0. The number of halogens is 1. The van der Waals surface area contributed by atoms with E-state index in [1.807, 2.05) is 12.1 Å². The summed E-state index contributed by atoms with van der Waals surface area (Å²) in [5.41, 5.74) is 0.937. The lowest BCUT2D eigenvalue weighted by Crippen LogP contribution is -2.25. The lowest BCUT2D eigenvalue weighted by Gasteiger charge is -2.21. The topological polar surface area (TPSA) is 34.5 Å². The van der Waals surface area contributed by atoms with Crippen molar-refractivity contribution in [2.75, 3.05) is 6.61 Å². The van der Waals surface area contributed by atoms with E-state index in [-0.39, 0.29) is 11.5 Å². The minimum atomic E-state index is 0.136. The fourth-order valence-corrected chi connectivity index (χ4v) is 1.69. The monoisotopic (exact) mass is 282 g/mol. The Bertz CT molecular complexity index is 406. The molecule has 0 bridgehead atoms. The van der Waals surface area contributed by atoms with Gasteiger partial charge in [0.15, 0.2) is 0 Å². The van der Waals surface area contributed by atoms with Crippen LogP contribution in [0.15, 0.2) is 27.8 Å². The van der Waals surface area contributed by atoms with E-state index in [1.165, 1.54) is 0 Å². The number of hydrogen-bond donors (Lipinski definition) is 0. The van der Waals surface area contributed by atoms with E-state index in [1.54, 1.807) is 6.20 Å². The van der Waals surface area contributed by atoms with Gasteiger partial charge >= 0.3 is 0 Å². The molecule has 0 radical (unpaired) electrons. The number of ether oxygens (including phenoxy) is 1. The molecule has 1 aliphatic heterocycles. The van der Waals surface area contributed by atoms with Crippen molar-refractivity contribution in [2.24, 2.45) is 10.4 Å². The molecule has 0 spiro atoms. The lowest BCUT2D eigenvalue weighted by atomic mass is 9.88. The van der Waals surface area contributed by atoms with Gasteiger partial charge in [-0.3, -0.25) is 4.98 Å². The summed E-state index contributed by atoms with van der Waals surface area (Å²) in [4.78, 5) is 8.85. The summed E-state index contributed by atoms with van der Waals surface area (Å²) in [6.07, 6.45) is 1.76. The molecule has 0 N–H and O–H groups in total. The molecular formula is C12H15BrN2O. The van der Waals surface area contributed by atoms with Crippen LogP contribution < -0.4 is 0 Å². The van der Waals surface area contributed by atoms with Crippen LogP contribution in [0.2, 0.25) is 0 Å². The van der Waals surface area contributed by atoms with Crippen molar-refractivity contribution in [1.82, 2.24) is 4.98 Å². The standard InChI is InChI=1S/C12H15BrN2O/c1-12(2,3)10-7-16-11(15-10)9-5-4-8(13)6-14-9/h4-6,10H,7H2,1-3H3/t10-/m0/s1. The van der Waals surface area contributed by atoms with Gasteiger partial charge in [-0.25, -0.2) is 4.99 Å². The highest BCUT2D eigenvalue weighted by Gasteiger charge is 2.30. The molecule has 1 aromatic rings. The van der Waals surface area contributed by atoms with Crippen LogP contribution in [0.25, 0.3) is 0 Å². The van der Waals surface area contributed by atoms with E-state index in [0.29, 0.717) is 12.5 Å². The first-order valence-electron chi connectivity index (χ1n) is 5.29. The van der Waals surface area contributed by atoms with Crippen LogP contribution in [0, 0.1) is 5.41 Å². The largest absolute Gasteiger partial charge is 0.474 e. The summed E-state index contributed by atoms with van der Waals surface area (Å²) in [5, 5.41) is 0. The molecule has 0 aliphatic carbocycles. The third kappa shape index (κ3) is 2.43. The Kier molecular flexibility index (Phi) is 3.02. The van der Waals surface area contributed by atoms with E-state index in [9.17, 15) is 0 Å². The molecule has 3 nitrogen and oxygen atoms in total. The van der Waals surface area contributed by atoms with Gasteiger partial charge < -0.3 is 4.74 Å². The summed E-state index contributed by atoms with van der Waals surface area (Å²) < 4.78 is 6.55. The van der Waals surface area contributed by atoms with Gasteiger partial charge in [0.1, 0.15) is 12.3 Å². The van der Waals surface area contributed by atoms with Crippen molar-refractivity contribution in [2.45, 2.75) is 26.8 Å². The number of nitrogens with zero attached hydrogens (tertiary/aromatic N) is 2. The van der Waals surface area contributed by atoms with Crippen molar-refractivity contribution in [1.29, 1.82) is 0 Å². The average molecular weight is 283 g/mol. The molecule has 1 aromatic heterocycles.